The van der Waals surface area contributed by atoms with Gasteiger partial charge in [-0.1, -0.05) is 12.1 Å². The Hall–Kier alpha value is -4.19. The van der Waals surface area contributed by atoms with E-state index < -0.39 is 5.54 Å². The minimum Gasteiger partial charge on any atom is -0.350 e. The highest BCUT2D eigenvalue weighted by molar-refractivity contribution is 5.78. The predicted octanol–water partition coefficient (Wildman–Crippen LogP) is 4.66. The van der Waals surface area contributed by atoms with Crippen LogP contribution in [0.3, 0.4) is 0 Å². The van der Waals surface area contributed by atoms with Gasteiger partial charge in [0.05, 0.1) is 30.0 Å². The molecule has 6 heteroatoms. The van der Waals surface area contributed by atoms with Crippen LogP contribution < -0.4 is 5.32 Å². The summed E-state index contributed by atoms with van der Waals surface area (Å²) in [5.74, 6) is 0.741. The van der Waals surface area contributed by atoms with Gasteiger partial charge in [-0.25, -0.2) is 19.9 Å². The number of benzene rings is 1. The third kappa shape index (κ3) is 2.84. The number of nitrogens with zero attached hydrogens (tertiary/aromatic N) is 5. The van der Waals surface area contributed by atoms with Crippen LogP contribution in [0.1, 0.15) is 23.9 Å². The molecule has 0 saturated heterocycles. The third-order valence-electron chi connectivity index (χ3n) is 5.54. The SMILES string of the molecule is [2H]c1cc(C)cc2nc(C3(c4ccc5cccnc5n4)C=Cc4cccnc4N3)cnc12. The molecule has 6 nitrogen and oxygen atoms in total. The van der Waals surface area contributed by atoms with Crippen LogP contribution in [-0.2, 0) is 5.54 Å². The van der Waals surface area contributed by atoms with E-state index in [0.29, 0.717) is 28.4 Å². The second-order valence-electron chi connectivity index (χ2n) is 7.62. The van der Waals surface area contributed by atoms with E-state index in [1.807, 2.05) is 61.5 Å². The van der Waals surface area contributed by atoms with Crippen molar-refractivity contribution in [2.75, 3.05) is 5.32 Å². The Labute approximate surface area is 180 Å². The van der Waals surface area contributed by atoms with Crippen molar-refractivity contribution in [3.8, 4) is 0 Å². The first-order chi connectivity index (χ1) is 15.6. The van der Waals surface area contributed by atoms with Crippen LogP contribution >= 0.6 is 0 Å². The third-order valence-corrected chi connectivity index (χ3v) is 5.54. The molecule has 1 aliphatic heterocycles. The summed E-state index contributed by atoms with van der Waals surface area (Å²) in [5.41, 5.74) is 4.38. The molecule has 1 aromatic carbocycles. The normalized spacial score (nSPS) is 17.9. The molecule has 0 amide bonds. The van der Waals surface area contributed by atoms with Crippen molar-refractivity contribution in [2.24, 2.45) is 0 Å². The average Bonchev–Trinajstić information content (AvgIpc) is 2.83. The van der Waals surface area contributed by atoms with Gasteiger partial charge in [0.1, 0.15) is 11.4 Å². The molecule has 31 heavy (non-hydrogen) atoms. The average molecular weight is 403 g/mol. The summed E-state index contributed by atoms with van der Waals surface area (Å²) in [5, 5.41) is 4.53. The molecule has 5 aromatic rings. The Morgan fingerprint density at radius 1 is 0.903 bits per heavy atom. The molecule has 5 heterocycles. The maximum absolute atomic E-state index is 8.26. The van der Waals surface area contributed by atoms with Crippen LogP contribution in [0.15, 0.2) is 79.2 Å². The first-order valence-corrected chi connectivity index (χ1v) is 10.0. The van der Waals surface area contributed by atoms with Gasteiger partial charge in [-0.05, 0) is 67.1 Å². The maximum Gasteiger partial charge on any atom is 0.159 e. The number of aromatic nitrogens is 5. The van der Waals surface area contributed by atoms with Crippen LogP contribution in [0, 0.1) is 6.92 Å². The Bertz CT molecular complexity index is 1550. The molecule has 0 aliphatic carbocycles. The minimum atomic E-state index is -0.889. The quantitative estimate of drug-likeness (QED) is 0.462. The summed E-state index contributed by atoms with van der Waals surface area (Å²) in [6.07, 6.45) is 9.28. The van der Waals surface area contributed by atoms with E-state index in [-0.39, 0.29) is 0 Å². The van der Waals surface area contributed by atoms with Gasteiger partial charge >= 0.3 is 0 Å². The first kappa shape index (κ1) is 16.6. The van der Waals surface area contributed by atoms with E-state index in [9.17, 15) is 0 Å². The van der Waals surface area contributed by atoms with Gasteiger partial charge in [0.2, 0.25) is 0 Å². The van der Waals surface area contributed by atoms with Crippen molar-refractivity contribution in [3.05, 3.63) is 102 Å². The molecule has 1 unspecified atom stereocenters. The van der Waals surface area contributed by atoms with Crippen LogP contribution in [0.2, 0.25) is 0 Å². The fraction of sp³-hybridized carbons (Fsp3) is 0.0800. The summed E-state index contributed by atoms with van der Waals surface area (Å²) in [4.78, 5) is 23.4. The molecule has 0 radical (unpaired) electrons. The Morgan fingerprint density at radius 2 is 1.81 bits per heavy atom. The topological polar surface area (TPSA) is 76.5 Å². The lowest BCUT2D eigenvalue weighted by Gasteiger charge is -2.34. The number of pyridine rings is 3. The van der Waals surface area contributed by atoms with Gasteiger partial charge in [-0.15, -0.1) is 0 Å². The van der Waals surface area contributed by atoms with E-state index in [2.05, 4.69) is 20.3 Å². The van der Waals surface area contributed by atoms with Crippen molar-refractivity contribution in [3.63, 3.8) is 0 Å². The lowest BCUT2D eigenvalue weighted by molar-refractivity contribution is 0.681. The zero-order valence-corrected chi connectivity index (χ0v) is 16.7. The van der Waals surface area contributed by atoms with Gasteiger partial charge in [-0.2, -0.15) is 0 Å². The van der Waals surface area contributed by atoms with Gasteiger partial charge in [0.25, 0.3) is 0 Å². The Kier molecular flexibility index (Phi) is 3.57. The first-order valence-electron chi connectivity index (χ1n) is 10.5. The summed E-state index contributed by atoms with van der Waals surface area (Å²) in [6, 6.07) is 15.9. The molecule has 0 fully saturated rings. The maximum atomic E-state index is 8.26. The second-order valence-corrected chi connectivity index (χ2v) is 7.62. The number of anilines is 1. The van der Waals surface area contributed by atoms with Gasteiger partial charge in [0.15, 0.2) is 5.65 Å². The van der Waals surface area contributed by atoms with Gasteiger partial charge < -0.3 is 5.32 Å². The van der Waals surface area contributed by atoms with Crippen molar-refractivity contribution < 1.29 is 1.37 Å². The molecule has 6 rings (SSSR count). The fourth-order valence-electron chi connectivity index (χ4n) is 3.95. The molecule has 0 bridgehead atoms. The fourth-order valence-corrected chi connectivity index (χ4v) is 3.95. The smallest absolute Gasteiger partial charge is 0.159 e. The molecular formula is C25H18N6. The molecule has 0 saturated carbocycles. The summed E-state index contributed by atoms with van der Waals surface area (Å²) >= 11 is 0. The molecule has 1 N–H and O–H groups in total. The number of fused-ring (bicyclic) bond motifs is 3. The summed E-state index contributed by atoms with van der Waals surface area (Å²) in [6.45, 7) is 1.96. The lowest BCUT2D eigenvalue weighted by Crippen LogP contribution is -2.38. The van der Waals surface area contributed by atoms with Gasteiger partial charge in [-0.3, -0.25) is 4.98 Å². The zero-order valence-electron chi connectivity index (χ0n) is 17.7. The minimum absolute atomic E-state index is 0.361. The molecule has 1 atom stereocenters. The molecule has 148 valence electrons. The van der Waals surface area contributed by atoms with Crippen molar-refractivity contribution >= 4 is 34.0 Å². The lowest BCUT2D eigenvalue weighted by atomic mass is 9.86. The number of hydrogen-bond acceptors (Lipinski definition) is 6. The van der Waals surface area contributed by atoms with Crippen molar-refractivity contribution in [2.45, 2.75) is 12.5 Å². The predicted molar refractivity (Wildman–Crippen MR) is 121 cm³/mol. The molecule has 4 aromatic heterocycles. The number of aryl methyl sites for hydroxylation is 1. The van der Waals surface area contributed by atoms with E-state index >= 15 is 0 Å². The second kappa shape index (κ2) is 6.67. The highest BCUT2D eigenvalue weighted by atomic mass is 15.1. The number of rotatable bonds is 2. The van der Waals surface area contributed by atoms with E-state index in [1.165, 1.54) is 0 Å². The number of nitrogens with one attached hydrogen (secondary N) is 1. The van der Waals surface area contributed by atoms with Crippen LogP contribution in [0.4, 0.5) is 5.82 Å². The van der Waals surface area contributed by atoms with E-state index in [0.717, 1.165) is 28.0 Å². The summed E-state index contributed by atoms with van der Waals surface area (Å²) < 4.78 is 8.26. The van der Waals surface area contributed by atoms with Crippen LogP contribution in [0.25, 0.3) is 28.1 Å². The highest BCUT2D eigenvalue weighted by Gasteiger charge is 2.38. The highest BCUT2D eigenvalue weighted by Crippen LogP contribution is 2.38. The summed E-state index contributed by atoms with van der Waals surface area (Å²) in [7, 11) is 0. The van der Waals surface area contributed by atoms with Crippen molar-refractivity contribution in [1.29, 1.82) is 0 Å². The van der Waals surface area contributed by atoms with E-state index in [4.69, 9.17) is 11.3 Å². The van der Waals surface area contributed by atoms with Crippen LogP contribution in [0.5, 0.6) is 0 Å². The largest absolute Gasteiger partial charge is 0.350 e. The monoisotopic (exact) mass is 403 g/mol. The van der Waals surface area contributed by atoms with Crippen LogP contribution in [-0.4, -0.2) is 24.9 Å². The molecule has 0 spiro atoms. The molecular weight excluding hydrogens is 384 g/mol. The van der Waals surface area contributed by atoms with E-state index in [1.54, 1.807) is 24.7 Å². The number of hydrogen-bond donors (Lipinski definition) is 1. The standard InChI is InChI=1S/C25H18N6/c1-16-6-8-19-20(14-16)29-22(15-28-19)25(11-10-18-5-3-13-27-24(18)31-25)21-9-7-17-4-2-12-26-23(17)30-21/h2-15H,1H3,(H,27,31)/i8D. The van der Waals surface area contributed by atoms with Crippen molar-refractivity contribution in [1.82, 2.24) is 24.9 Å². The Balaban J connectivity index is 1.62. The zero-order chi connectivity index (χ0) is 21.7. The van der Waals surface area contributed by atoms with Gasteiger partial charge in [0, 0.05) is 23.3 Å². The Morgan fingerprint density at radius 3 is 2.77 bits per heavy atom. The molecule has 1 aliphatic rings.